The molecule has 2 nitrogen and oxygen atoms in total. The third-order valence-corrected chi connectivity index (χ3v) is 4.14. The number of hydrogen-bond acceptors (Lipinski definition) is 2. The number of fused-ring (bicyclic) bond motifs is 2. The van der Waals surface area contributed by atoms with E-state index < -0.39 is 9.75 Å². The van der Waals surface area contributed by atoms with E-state index in [4.69, 9.17) is 33.7 Å². The summed E-state index contributed by atoms with van der Waals surface area (Å²) in [6.07, 6.45) is 4.49. The van der Waals surface area contributed by atoms with E-state index >= 15 is 0 Å². The maximum absolute atomic E-state index is 9.00. The minimum Gasteiger partial charge on any atom is -0.196 e. The summed E-state index contributed by atoms with van der Waals surface area (Å²) < 4.78 is -1.24. The van der Waals surface area contributed by atoms with Crippen molar-refractivity contribution in [3.05, 3.63) is 12.2 Å². The molecule has 0 saturated heterocycles. The van der Waals surface area contributed by atoms with Crippen LogP contribution < -0.4 is 0 Å². The zero-order valence-corrected chi connectivity index (χ0v) is 8.18. The van der Waals surface area contributed by atoms with Gasteiger partial charge in [-0.3, -0.25) is 0 Å². The fourth-order valence-corrected chi connectivity index (χ4v) is 2.94. The van der Waals surface area contributed by atoms with Gasteiger partial charge in [-0.1, -0.05) is 35.4 Å². The van der Waals surface area contributed by atoms with Crippen molar-refractivity contribution in [2.24, 2.45) is 17.3 Å². The van der Waals surface area contributed by atoms with Crippen molar-refractivity contribution in [2.45, 2.75) is 10.8 Å². The van der Waals surface area contributed by atoms with Crippen molar-refractivity contribution in [2.75, 3.05) is 0 Å². The molecule has 0 amide bonds. The summed E-state index contributed by atoms with van der Waals surface area (Å²) in [6, 6.07) is 3.95. The first-order chi connectivity index (χ1) is 6.08. The van der Waals surface area contributed by atoms with E-state index in [2.05, 4.69) is 0 Å². The number of allylic oxidation sites excluding steroid dienone is 2. The standard InChI is InChI=1S/C9H6Cl2N2/c10-9(11)7-2-1-6(3-7)8(9,4-12)5-13/h1-2,6-7H,3H2. The molecule has 0 aromatic rings. The minimum absolute atomic E-state index is 0.0554. The predicted octanol–water partition coefficient (Wildman–Crippen LogP) is 2.40. The Kier molecular flexibility index (Phi) is 1.65. The van der Waals surface area contributed by atoms with E-state index in [1.54, 1.807) is 0 Å². The maximum Gasteiger partial charge on any atom is 0.183 e. The number of nitriles is 2. The Hall–Kier alpha value is -0.700. The summed E-state index contributed by atoms with van der Waals surface area (Å²) >= 11 is 12.1. The molecule has 2 atom stereocenters. The van der Waals surface area contributed by atoms with Crippen LogP contribution in [-0.2, 0) is 0 Å². The highest BCUT2D eigenvalue weighted by Crippen LogP contribution is 2.63. The third-order valence-electron chi connectivity index (χ3n) is 2.98. The van der Waals surface area contributed by atoms with Gasteiger partial charge in [0.05, 0.1) is 12.1 Å². The van der Waals surface area contributed by atoms with Crippen molar-refractivity contribution in [3.8, 4) is 12.1 Å². The van der Waals surface area contributed by atoms with Gasteiger partial charge in [0.15, 0.2) is 9.75 Å². The number of halogens is 2. The fraction of sp³-hybridized carbons (Fsp3) is 0.556. The van der Waals surface area contributed by atoms with Crippen LogP contribution >= 0.6 is 23.2 Å². The summed E-state index contributed by atoms with van der Waals surface area (Å²) in [7, 11) is 0. The second-order valence-corrected chi connectivity index (χ2v) is 4.87. The van der Waals surface area contributed by atoms with Crippen molar-refractivity contribution in [1.82, 2.24) is 0 Å². The van der Waals surface area contributed by atoms with E-state index in [9.17, 15) is 0 Å². The lowest BCUT2D eigenvalue weighted by atomic mass is 9.78. The van der Waals surface area contributed by atoms with Crippen LogP contribution in [0.5, 0.6) is 0 Å². The molecule has 0 radical (unpaired) electrons. The summed E-state index contributed by atoms with van der Waals surface area (Å²) in [5.74, 6) is -0.164. The van der Waals surface area contributed by atoms with Gasteiger partial charge in [0, 0.05) is 11.8 Å². The van der Waals surface area contributed by atoms with Crippen molar-refractivity contribution < 1.29 is 0 Å². The first kappa shape index (κ1) is 8.88. The molecular weight excluding hydrogens is 207 g/mol. The highest BCUT2D eigenvalue weighted by atomic mass is 35.5. The van der Waals surface area contributed by atoms with Crippen LogP contribution in [0.15, 0.2) is 12.2 Å². The van der Waals surface area contributed by atoms with Crippen LogP contribution in [0.3, 0.4) is 0 Å². The quantitative estimate of drug-likeness (QED) is 0.458. The normalized spacial score (nSPS) is 36.9. The lowest BCUT2D eigenvalue weighted by Gasteiger charge is -2.32. The highest BCUT2D eigenvalue weighted by molar-refractivity contribution is 6.50. The molecule has 2 unspecified atom stereocenters. The van der Waals surface area contributed by atoms with Crippen molar-refractivity contribution >= 4 is 23.2 Å². The van der Waals surface area contributed by atoms with Crippen molar-refractivity contribution in [3.63, 3.8) is 0 Å². The monoisotopic (exact) mass is 212 g/mol. The molecule has 0 heterocycles. The molecule has 2 aliphatic carbocycles. The number of nitrogens with zero attached hydrogens (tertiary/aromatic N) is 2. The summed E-state index contributed by atoms with van der Waals surface area (Å²) in [5, 5.41) is 18.0. The molecule has 0 N–H and O–H groups in total. The predicted molar refractivity (Wildman–Crippen MR) is 48.8 cm³/mol. The van der Waals surface area contributed by atoms with Crippen LogP contribution in [0, 0.1) is 39.9 Å². The third kappa shape index (κ3) is 0.784. The molecule has 1 saturated carbocycles. The Labute approximate surface area is 86.3 Å². The number of hydrogen-bond donors (Lipinski definition) is 0. The van der Waals surface area contributed by atoms with Gasteiger partial charge in [0.2, 0.25) is 0 Å². The smallest absolute Gasteiger partial charge is 0.183 e. The average molecular weight is 213 g/mol. The number of alkyl halides is 2. The first-order valence-corrected chi connectivity index (χ1v) is 4.72. The maximum atomic E-state index is 9.00. The molecule has 66 valence electrons. The summed E-state index contributed by atoms with van der Waals surface area (Å²) in [4.78, 5) is 0. The van der Waals surface area contributed by atoms with Crippen LogP contribution in [0.1, 0.15) is 6.42 Å². The molecule has 13 heavy (non-hydrogen) atoms. The SMILES string of the molecule is N#CC1(C#N)C2C=CC(C2)C1(Cl)Cl. The molecule has 2 aliphatic rings. The second-order valence-electron chi connectivity index (χ2n) is 3.49. The van der Waals surface area contributed by atoms with Gasteiger partial charge in [-0.2, -0.15) is 10.5 Å². The van der Waals surface area contributed by atoms with Crippen molar-refractivity contribution in [1.29, 1.82) is 10.5 Å². The fourth-order valence-electron chi connectivity index (χ4n) is 2.17. The van der Waals surface area contributed by atoms with Gasteiger partial charge < -0.3 is 0 Å². The van der Waals surface area contributed by atoms with Crippen LogP contribution in [-0.4, -0.2) is 4.33 Å². The van der Waals surface area contributed by atoms with E-state index in [0.717, 1.165) is 0 Å². The minimum atomic E-state index is -1.25. The largest absolute Gasteiger partial charge is 0.196 e. The van der Waals surface area contributed by atoms with Gasteiger partial charge in [0.1, 0.15) is 0 Å². The Morgan fingerprint density at radius 3 is 2.00 bits per heavy atom. The van der Waals surface area contributed by atoms with Gasteiger partial charge in [-0.15, -0.1) is 0 Å². The molecule has 0 aromatic heterocycles. The molecule has 4 heteroatoms. The Morgan fingerprint density at radius 2 is 1.69 bits per heavy atom. The zero-order chi connectivity index (χ0) is 9.69. The topological polar surface area (TPSA) is 47.6 Å². The first-order valence-electron chi connectivity index (χ1n) is 3.97. The molecule has 2 bridgehead atoms. The molecule has 0 aliphatic heterocycles. The number of rotatable bonds is 0. The molecule has 0 spiro atoms. The lowest BCUT2D eigenvalue weighted by Crippen LogP contribution is -2.40. The lowest BCUT2D eigenvalue weighted by molar-refractivity contribution is 0.413. The van der Waals surface area contributed by atoms with E-state index in [-0.39, 0.29) is 11.8 Å². The Morgan fingerprint density at radius 1 is 1.15 bits per heavy atom. The van der Waals surface area contributed by atoms with Crippen LogP contribution in [0.4, 0.5) is 0 Å². The Bertz CT molecular complexity index is 345. The van der Waals surface area contributed by atoms with Gasteiger partial charge in [-0.05, 0) is 6.42 Å². The Balaban J connectivity index is 2.59. The van der Waals surface area contributed by atoms with Gasteiger partial charge in [-0.25, -0.2) is 0 Å². The van der Waals surface area contributed by atoms with Gasteiger partial charge in [0.25, 0.3) is 0 Å². The van der Waals surface area contributed by atoms with E-state index in [1.165, 1.54) is 0 Å². The second kappa shape index (κ2) is 2.41. The average Bonchev–Trinajstić information content (AvgIpc) is 2.62. The van der Waals surface area contributed by atoms with Crippen LogP contribution in [0.25, 0.3) is 0 Å². The summed E-state index contributed by atoms with van der Waals surface area (Å²) in [5.41, 5.74) is -1.25. The van der Waals surface area contributed by atoms with Crippen LogP contribution in [0.2, 0.25) is 0 Å². The molecule has 0 aromatic carbocycles. The molecule has 1 fully saturated rings. The summed E-state index contributed by atoms with van der Waals surface area (Å²) in [6.45, 7) is 0. The highest BCUT2D eigenvalue weighted by Gasteiger charge is 2.66. The molecule has 2 rings (SSSR count). The zero-order valence-electron chi connectivity index (χ0n) is 6.67. The van der Waals surface area contributed by atoms with E-state index in [1.807, 2.05) is 24.3 Å². The molecular formula is C9H6Cl2N2. The van der Waals surface area contributed by atoms with Gasteiger partial charge >= 0.3 is 0 Å². The van der Waals surface area contributed by atoms with E-state index in [0.29, 0.717) is 6.42 Å².